The number of para-hydroxylation sites is 1. The molecule has 2 amide bonds. The molecule has 1 fully saturated rings. The van der Waals surface area contributed by atoms with E-state index in [1.807, 2.05) is 0 Å². The Kier molecular flexibility index (Phi) is 6.47. The Balaban J connectivity index is 1.98. The molecule has 1 atom stereocenters. The summed E-state index contributed by atoms with van der Waals surface area (Å²) in [4.78, 5) is 27.8. The van der Waals surface area contributed by atoms with Gasteiger partial charge in [-0.25, -0.2) is 13.2 Å². The number of benzene rings is 1. The fourth-order valence-electron chi connectivity index (χ4n) is 2.80. The Morgan fingerprint density at radius 1 is 1.15 bits per heavy atom. The second kappa shape index (κ2) is 8.39. The molecule has 0 bridgehead atoms. The van der Waals surface area contributed by atoms with Crippen LogP contribution in [0.5, 0.6) is 0 Å². The number of rotatable bonds is 5. The van der Waals surface area contributed by atoms with Crippen LogP contribution < -0.4 is 5.32 Å². The van der Waals surface area contributed by atoms with Gasteiger partial charge in [0.1, 0.15) is 6.04 Å². The smallest absolute Gasteiger partial charge is 0.409 e. The van der Waals surface area contributed by atoms with Gasteiger partial charge in [-0.15, -0.1) is 0 Å². The SMILES string of the molecule is CCOC(=O)N1CCN(C(=O)C(C)Nc2ccccc2S(C)(=O)=O)CC1. The van der Waals surface area contributed by atoms with Gasteiger partial charge in [0.15, 0.2) is 9.84 Å². The molecule has 1 aromatic carbocycles. The molecule has 2 rings (SSSR count). The lowest BCUT2D eigenvalue weighted by atomic mass is 10.2. The molecular formula is C17H25N3O5S. The first-order valence-electron chi connectivity index (χ1n) is 8.50. The predicted molar refractivity (Wildman–Crippen MR) is 97.8 cm³/mol. The van der Waals surface area contributed by atoms with E-state index < -0.39 is 15.9 Å². The van der Waals surface area contributed by atoms with Crippen LogP contribution >= 0.6 is 0 Å². The van der Waals surface area contributed by atoms with E-state index in [4.69, 9.17) is 4.74 Å². The maximum atomic E-state index is 12.6. The van der Waals surface area contributed by atoms with E-state index in [9.17, 15) is 18.0 Å². The highest BCUT2D eigenvalue weighted by molar-refractivity contribution is 7.90. The van der Waals surface area contributed by atoms with E-state index in [2.05, 4.69) is 5.32 Å². The number of nitrogens with zero attached hydrogens (tertiary/aromatic N) is 2. The highest BCUT2D eigenvalue weighted by Gasteiger charge is 2.28. The van der Waals surface area contributed by atoms with E-state index in [1.54, 1.807) is 41.8 Å². The molecule has 1 saturated heterocycles. The number of piperazine rings is 1. The first kappa shape index (κ1) is 20.0. The van der Waals surface area contributed by atoms with Crippen molar-refractivity contribution in [3.05, 3.63) is 24.3 Å². The lowest BCUT2D eigenvalue weighted by Gasteiger charge is -2.35. The van der Waals surface area contributed by atoms with Gasteiger partial charge in [-0.05, 0) is 26.0 Å². The molecule has 9 heteroatoms. The summed E-state index contributed by atoms with van der Waals surface area (Å²) in [6, 6.07) is 5.91. The molecule has 1 aliphatic heterocycles. The van der Waals surface area contributed by atoms with E-state index >= 15 is 0 Å². The lowest BCUT2D eigenvalue weighted by Crippen LogP contribution is -2.53. The maximum Gasteiger partial charge on any atom is 0.409 e. The van der Waals surface area contributed by atoms with Crippen LogP contribution in [0.3, 0.4) is 0 Å². The van der Waals surface area contributed by atoms with Crippen molar-refractivity contribution in [1.82, 2.24) is 9.80 Å². The van der Waals surface area contributed by atoms with Crippen LogP contribution in [0.1, 0.15) is 13.8 Å². The third-order valence-electron chi connectivity index (χ3n) is 4.15. The first-order valence-corrected chi connectivity index (χ1v) is 10.4. The van der Waals surface area contributed by atoms with Crippen molar-refractivity contribution in [3.63, 3.8) is 0 Å². The summed E-state index contributed by atoms with van der Waals surface area (Å²) in [5.41, 5.74) is 0.404. The number of hydrogen-bond donors (Lipinski definition) is 1. The van der Waals surface area contributed by atoms with Crippen LogP contribution in [0, 0.1) is 0 Å². The van der Waals surface area contributed by atoms with Crippen molar-refractivity contribution < 1.29 is 22.7 Å². The van der Waals surface area contributed by atoms with Crippen molar-refractivity contribution >= 4 is 27.5 Å². The summed E-state index contributed by atoms with van der Waals surface area (Å²) in [6.45, 7) is 5.42. The molecule has 144 valence electrons. The van der Waals surface area contributed by atoms with Gasteiger partial charge in [0.25, 0.3) is 0 Å². The molecule has 1 aliphatic rings. The molecule has 0 aliphatic carbocycles. The summed E-state index contributed by atoms with van der Waals surface area (Å²) < 4.78 is 28.7. The van der Waals surface area contributed by atoms with E-state index in [0.717, 1.165) is 6.26 Å². The van der Waals surface area contributed by atoms with Crippen molar-refractivity contribution in [2.24, 2.45) is 0 Å². The standard InChI is InChI=1S/C17H25N3O5S/c1-4-25-17(22)20-11-9-19(10-12-20)16(21)13(2)18-14-7-5-6-8-15(14)26(3,23)24/h5-8,13,18H,4,9-12H2,1-3H3. The second-order valence-electron chi connectivity index (χ2n) is 6.15. The lowest BCUT2D eigenvalue weighted by molar-refractivity contribution is -0.133. The third kappa shape index (κ3) is 4.87. The number of hydrogen-bond acceptors (Lipinski definition) is 6. The molecule has 26 heavy (non-hydrogen) atoms. The van der Waals surface area contributed by atoms with Crippen LogP contribution in [0.25, 0.3) is 0 Å². The largest absolute Gasteiger partial charge is 0.450 e. The highest BCUT2D eigenvalue weighted by Crippen LogP contribution is 2.21. The van der Waals surface area contributed by atoms with Crippen molar-refractivity contribution in [2.75, 3.05) is 44.4 Å². The van der Waals surface area contributed by atoms with E-state index in [-0.39, 0.29) is 16.9 Å². The molecule has 1 unspecified atom stereocenters. The summed E-state index contributed by atoms with van der Waals surface area (Å²) in [5, 5.41) is 2.99. The zero-order chi connectivity index (χ0) is 19.3. The van der Waals surface area contributed by atoms with Crippen LogP contribution in [0.15, 0.2) is 29.2 Å². The van der Waals surface area contributed by atoms with E-state index in [0.29, 0.717) is 38.5 Å². The van der Waals surface area contributed by atoms with Gasteiger partial charge in [-0.2, -0.15) is 0 Å². The minimum atomic E-state index is -3.40. The number of amides is 2. The van der Waals surface area contributed by atoms with Crippen LogP contribution in [0.4, 0.5) is 10.5 Å². The minimum absolute atomic E-state index is 0.142. The average molecular weight is 383 g/mol. The topological polar surface area (TPSA) is 96.0 Å². The van der Waals surface area contributed by atoms with Crippen LogP contribution in [0.2, 0.25) is 0 Å². The van der Waals surface area contributed by atoms with Gasteiger partial charge in [-0.3, -0.25) is 4.79 Å². The molecule has 1 heterocycles. The Hall–Kier alpha value is -2.29. The number of ether oxygens (including phenoxy) is 1. The normalized spacial score (nSPS) is 16.1. The zero-order valence-corrected chi connectivity index (χ0v) is 16.1. The van der Waals surface area contributed by atoms with E-state index in [1.165, 1.54) is 6.07 Å². The van der Waals surface area contributed by atoms with Crippen molar-refractivity contribution in [3.8, 4) is 0 Å². The van der Waals surface area contributed by atoms with Crippen molar-refractivity contribution in [1.29, 1.82) is 0 Å². The molecule has 1 N–H and O–H groups in total. The summed E-state index contributed by atoms with van der Waals surface area (Å²) in [7, 11) is -3.40. The summed E-state index contributed by atoms with van der Waals surface area (Å²) in [5.74, 6) is -0.142. The number of carbonyl (C=O) groups is 2. The fraction of sp³-hybridized carbons (Fsp3) is 0.529. The van der Waals surface area contributed by atoms with Crippen molar-refractivity contribution in [2.45, 2.75) is 24.8 Å². The minimum Gasteiger partial charge on any atom is -0.450 e. The number of sulfone groups is 1. The summed E-state index contributed by atoms with van der Waals surface area (Å²) in [6.07, 6.45) is 0.766. The molecule has 0 saturated carbocycles. The summed E-state index contributed by atoms with van der Waals surface area (Å²) >= 11 is 0. The molecule has 8 nitrogen and oxygen atoms in total. The molecule has 0 aromatic heterocycles. The van der Waals surface area contributed by atoms with Gasteiger partial charge in [-0.1, -0.05) is 12.1 Å². The van der Waals surface area contributed by atoms with Crippen LogP contribution in [-0.4, -0.2) is 75.3 Å². The number of anilines is 1. The van der Waals surface area contributed by atoms with Gasteiger partial charge >= 0.3 is 6.09 Å². The highest BCUT2D eigenvalue weighted by atomic mass is 32.2. The van der Waals surface area contributed by atoms with Crippen LogP contribution in [-0.2, 0) is 19.4 Å². The Bertz CT molecular complexity index is 757. The van der Waals surface area contributed by atoms with Gasteiger partial charge in [0, 0.05) is 32.4 Å². The predicted octanol–water partition coefficient (Wildman–Crippen LogP) is 1.19. The average Bonchev–Trinajstić information content (AvgIpc) is 2.61. The van der Waals surface area contributed by atoms with Gasteiger partial charge in [0.2, 0.25) is 5.91 Å². The second-order valence-corrected chi connectivity index (χ2v) is 8.13. The molecule has 1 aromatic rings. The number of carbonyl (C=O) groups excluding carboxylic acids is 2. The molecular weight excluding hydrogens is 358 g/mol. The number of nitrogens with one attached hydrogen (secondary N) is 1. The monoisotopic (exact) mass is 383 g/mol. The maximum absolute atomic E-state index is 12.6. The Morgan fingerprint density at radius 3 is 2.31 bits per heavy atom. The van der Waals surface area contributed by atoms with Gasteiger partial charge in [0.05, 0.1) is 17.2 Å². The first-order chi connectivity index (χ1) is 12.2. The third-order valence-corrected chi connectivity index (χ3v) is 5.30. The Labute approximate surface area is 154 Å². The van der Waals surface area contributed by atoms with Gasteiger partial charge < -0.3 is 19.9 Å². The molecule has 0 radical (unpaired) electrons. The zero-order valence-electron chi connectivity index (χ0n) is 15.3. The fourth-order valence-corrected chi connectivity index (χ4v) is 3.65. The molecule has 0 spiro atoms. The Morgan fingerprint density at radius 2 is 1.73 bits per heavy atom. The quantitative estimate of drug-likeness (QED) is 0.821.